The van der Waals surface area contributed by atoms with E-state index in [0.29, 0.717) is 6.42 Å². The summed E-state index contributed by atoms with van der Waals surface area (Å²) >= 11 is 0. The predicted molar refractivity (Wildman–Crippen MR) is 79.0 cm³/mol. The van der Waals surface area contributed by atoms with Crippen LogP contribution in [0.2, 0.25) is 0 Å². The van der Waals surface area contributed by atoms with Gasteiger partial charge in [-0.1, -0.05) is 31.0 Å². The van der Waals surface area contributed by atoms with E-state index >= 15 is 0 Å². The van der Waals surface area contributed by atoms with Gasteiger partial charge in [-0.15, -0.1) is 0 Å². The molecule has 1 rings (SSSR count). The number of aliphatic carboxylic acids is 1. The van der Waals surface area contributed by atoms with Crippen molar-refractivity contribution in [1.29, 1.82) is 0 Å². The van der Waals surface area contributed by atoms with Gasteiger partial charge < -0.3 is 15.7 Å². The molecular formula is C15H22N2O3. The summed E-state index contributed by atoms with van der Waals surface area (Å²) in [6.07, 6.45) is 1.33. The molecule has 1 unspecified atom stereocenters. The summed E-state index contributed by atoms with van der Waals surface area (Å²) in [6.45, 7) is 5.96. The molecule has 1 atom stereocenters. The number of anilines is 1. The Morgan fingerprint density at radius 1 is 1.30 bits per heavy atom. The number of urea groups is 1. The monoisotopic (exact) mass is 278 g/mol. The van der Waals surface area contributed by atoms with Crippen LogP contribution in [-0.2, 0) is 4.79 Å². The van der Waals surface area contributed by atoms with Crippen LogP contribution in [-0.4, -0.2) is 23.7 Å². The van der Waals surface area contributed by atoms with E-state index in [1.54, 1.807) is 0 Å². The lowest BCUT2D eigenvalue weighted by atomic mass is 10.0. The van der Waals surface area contributed by atoms with Crippen molar-refractivity contribution in [2.75, 3.05) is 11.9 Å². The van der Waals surface area contributed by atoms with Gasteiger partial charge in [-0.25, -0.2) is 4.79 Å². The van der Waals surface area contributed by atoms with E-state index in [-0.39, 0.29) is 12.6 Å². The number of carbonyl (C=O) groups excluding carboxylic acids is 1. The third-order valence-electron chi connectivity index (χ3n) is 3.13. The Morgan fingerprint density at radius 3 is 2.55 bits per heavy atom. The van der Waals surface area contributed by atoms with E-state index < -0.39 is 11.9 Å². The quantitative estimate of drug-likeness (QED) is 0.748. The maximum atomic E-state index is 11.8. The molecule has 0 bridgehead atoms. The molecule has 0 spiro atoms. The van der Waals surface area contributed by atoms with E-state index in [1.807, 2.05) is 39.0 Å². The molecule has 110 valence electrons. The zero-order chi connectivity index (χ0) is 15.1. The number of carbonyl (C=O) groups is 2. The molecule has 0 aliphatic rings. The summed E-state index contributed by atoms with van der Waals surface area (Å²) in [4.78, 5) is 22.7. The van der Waals surface area contributed by atoms with Crippen LogP contribution in [0.3, 0.4) is 0 Å². The van der Waals surface area contributed by atoms with Crippen molar-refractivity contribution in [3.8, 4) is 0 Å². The first-order chi connectivity index (χ1) is 9.43. The van der Waals surface area contributed by atoms with E-state index in [9.17, 15) is 9.59 Å². The minimum absolute atomic E-state index is 0.139. The predicted octanol–water partition coefficient (Wildman–Crippen LogP) is 2.93. The first-order valence-corrected chi connectivity index (χ1v) is 6.79. The van der Waals surface area contributed by atoms with Gasteiger partial charge in [0.2, 0.25) is 0 Å². The standard InChI is InChI=1S/C15H22N2O3/c1-4-5-12(14(18)19)9-16-15(20)17-13-7-6-10(2)8-11(13)3/h6-8,12H,4-5,9H2,1-3H3,(H,18,19)(H2,16,17,20). The molecule has 5 heteroatoms. The van der Waals surface area contributed by atoms with Crippen molar-refractivity contribution in [1.82, 2.24) is 5.32 Å². The van der Waals surface area contributed by atoms with E-state index in [1.165, 1.54) is 0 Å². The van der Waals surface area contributed by atoms with Crippen molar-refractivity contribution in [3.05, 3.63) is 29.3 Å². The zero-order valence-electron chi connectivity index (χ0n) is 12.2. The Balaban J connectivity index is 2.53. The number of hydrogen-bond acceptors (Lipinski definition) is 2. The van der Waals surface area contributed by atoms with Crippen molar-refractivity contribution < 1.29 is 14.7 Å². The van der Waals surface area contributed by atoms with Gasteiger partial charge in [0.05, 0.1) is 5.92 Å². The fraction of sp³-hybridized carbons (Fsp3) is 0.467. The minimum atomic E-state index is -0.876. The van der Waals surface area contributed by atoms with Crippen molar-refractivity contribution >= 4 is 17.7 Å². The van der Waals surface area contributed by atoms with E-state index in [2.05, 4.69) is 10.6 Å². The SMILES string of the molecule is CCCC(CNC(=O)Nc1ccc(C)cc1C)C(=O)O. The molecule has 2 amide bonds. The molecule has 0 saturated heterocycles. The third-order valence-corrected chi connectivity index (χ3v) is 3.13. The second kappa shape index (κ2) is 7.53. The zero-order valence-corrected chi connectivity index (χ0v) is 12.2. The van der Waals surface area contributed by atoms with Gasteiger partial charge in [-0.3, -0.25) is 4.79 Å². The molecule has 0 aliphatic heterocycles. The normalized spacial score (nSPS) is 11.8. The summed E-state index contributed by atoms with van der Waals surface area (Å²) in [6, 6.07) is 5.36. The van der Waals surface area contributed by atoms with Gasteiger partial charge in [0, 0.05) is 12.2 Å². The molecule has 5 nitrogen and oxygen atoms in total. The van der Waals surface area contributed by atoms with Crippen LogP contribution in [0, 0.1) is 19.8 Å². The smallest absolute Gasteiger partial charge is 0.319 e. The van der Waals surface area contributed by atoms with Gasteiger partial charge in [-0.05, 0) is 31.9 Å². The molecule has 20 heavy (non-hydrogen) atoms. The van der Waals surface area contributed by atoms with Crippen LogP contribution in [0.4, 0.5) is 10.5 Å². The Morgan fingerprint density at radius 2 is 2.00 bits per heavy atom. The molecule has 0 aliphatic carbocycles. The van der Waals surface area contributed by atoms with Crippen LogP contribution in [0.25, 0.3) is 0 Å². The molecule has 0 fully saturated rings. The average Bonchev–Trinajstić information content (AvgIpc) is 2.37. The number of amides is 2. The first kappa shape index (κ1) is 16.0. The fourth-order valence-corrected chi connectivity index (χ4v) is 2.00. The summed E-state index contributed by atoms with van der Waals surface area (Å²) < 4.78 is 0. The third kappa shape index (κ3) is 4.91. The lowest BCUT2D eigenvalue weighted by molar-refractivity contribution is -0.141. The molecule has 0 radical (unpaired) electrons. The Labute approximate surface area is 119 Å². The fourth-order valence-electron chi connectivity index (χ4n) is 2.00. The van der Waals surface area contributed by atoms with E-state index in [4.69, 9.17) is 5.11 Å². The number of carboxylic acids is 1. The number of rotatable bonds is 6. The molecule has 1 aromatic rings. The Bertz CT molecular complexity index is 486. The average molecular weight is 278 g/mol. The molecule has 0 heterocycles. The Hall–Kier alpha value is -2.04. The van der Waals surface area contributed by atoms with Crippen molar-refractivity contribution in [2.45, 2.75) is 33.6 Å². The van der Waals surface area contributed by atoms with Crippen LogP contribution >= 0.6 is 0 Å². The highest BCUT2D eigenvalue weighted by molar-refractivity contribution is 5.90. The van der Waals surface area contributed by atoms with Crippen LogP contribution in [0.15, 0.2) is 18.2 Å². The summed E-state index contributed by atoms with van der Waals surface area (Å²) in [5, 5.41) is 14.3. The van der Waals surface area contributed by atoms with Crippen LogP contribution < -0.4 is 10.6 Å². The maximum absolute atomic E-state index is 11.8. The first-order valence-electron chi connectivity index (χ1n) is 6.79. The summed E-state index contributed by atoms with van der Waals surface area (Å²) in [5.41, 5.74) is 2.83. The lowest BCUT2D eigenvalue weighted by Gasteiger charge is -2.14. The van der Waals surface area contributed by atoms with Gasteiger partial charge in [0.1, 0.15) is 0 Å². The number of aryl methyl sites for hydroxylation is 2. The molecule has 3 N–H and O–H groups in total. The number of nitrogens with one attached hydrogen (secondary N) is 2. The highest BCUT2D eigenvalue weighted by atomic mass is 16.4. The minimum Gasteiger partial charge on any atom is -0.481 e. The van der Waals surface area contributed by atoms with Crippen LogP contribution in [0.5, 0.6) is 0 Å². The van der Waals surface area contributed by atoms with E-state index in [0.717, 1.165) is 23.2 Å². The second-order valence-electron chi connectivity index (χ2n) is 4.98. The highest BCUT2D eigenvalue weighted by Crippen LogP contribution is 2.15. The highest BCUT2D eigenvalue weighted by Gasteiger charge is 2.17. The van der Waals surface area contributed by atoms with Gasteiger partial charge in [0.25, 0.3) is 0 Å². The molecule has 0 saturated carbocycles. The van der Waals surface area contributed by atoms with Gasteiger partial charge >= 0.3 is 12.0 Å². The maximum Gasteiger partial charge on any atom is 0.319 e. The largest absolute Gasteiger partial charge is 0.481 e. The molecular weight excluding hydrogens is 256 g/mol. The summed E-state index contributed by atoms with van der Waals surface area (Å²) in [5.74, 6) is -1.41. The van der Waals surface area contributed by atoms with Gasteiger partial charge in [-0.2, -0.15) is 0 Å². The molecule has 0 aromatic heterocycles. The second-order valence-corrected chi connectivity index (χ2v) is 4.98. The summed E-state index contributed by atoms with van der Waals surface area (Å²) in [7, 11) is 0. The van der Waals surface area contributed by atoms with Crippen LogP contribution in [0.1, 0.15) is 30.9 Å². The van der Waals surface area contributed by atoms with Crippen molar-refractivity contribution in [3.63, 3.8) is 0 Å². The Kier molecular flexibility index (Phi) is 6.03. The topological polar surface area (TPSA) is 78.4 Å². The van der Waals surface area contributed by atoms with Gasteiger partial charge in [0.15, 0.2) is 0 Å². The number of carboxylic acid groups (broad SMARTS) is 1. The molecule has 1 aromatic carbocycles. The number of benzene rings is 1. The lowest BCUT2D eigenvalue weighted by Crippen LogP contribution is -2.35. The number of hydrogen-bond donors (Lipinski definition) is 3. The van der Waals surface area contributed by atoms with Crippen molar-refractivity contribution in [2.24, 2.45) is 5.92 Å².